The largest absolute Gasteiger partial charge is 0.487 e. The van der Waals surface area contributed by atoms with Crippen molar-refractivity contribution in [3.63, 3.8) is 0 Å². The lowest BCUT2D eigenvalue weighted by Gasteiger charge is -2.33. The van der Waals surface area contributed by atoms with Gasteiger partial charge in [-0.2, -0.15) is 0 Å². The zero-order chi connectivity index (χ0) is 13.3. The molecule has 0 saturated carbocycles. The Morgan fingerprint density at radius 3 is 2.83 bits per heavy atom. The lowest BCUT2D eigenvalue weighted by Crippen LogP contribution is -2.33. The number of nitrogens with two attached hydrogens (primary N) is 1. The monoisotopic (exact) mass is 251 g/mol. The highest BCUT2D eigenvalue weighted by molar-refractivity contribution is 5.42. The van der Waals surface area contributed by atoms with Crippen molar-refractivity contribution >= 4 is 0 Å². The van der Waals surface area contributed by atoms with Crippen molar-refractivity contribution in [2.24, 2.45) is 5.73 Å². The molecule has 100 valence electrons. The van der Waals surface area contributed by atoms with E-state index < -0.39 is 0 Å². The molecule has 1 aromatic rings. The SMILES string of the molecule is CC(CCN)c1ccc2c(c1F)CCC(C)(C)O2. The van der Waals surface area contributed by atoms with Crippen LogP contribution in [0.5, 0.6) is 5.75 Å². The maximum atomic E-state index is 14.5. The third kappa shape index (κ3) is 2.51. The van der Waals surface area contributed by atoms with Crippen molar-refractivity contribution in [3.8, 4) is 5.75 Å². The highest BCUT2D eigenvalue weighted by Gasteiger charge is 2.29. The summed E-state index contributed by atoms with van der Waals surface area (Å²) in [7, 11) is 0. The number of hydrogen-bond donors (Lipinski definition) is 1. The van der Waals surface area contributed by atoms with Gasteiger partial charge < -0.3 is 10.5 Å². The molecule has 2 N–H and O–H groups in total. The number of ether oxygens (including phenoxy) is 1. The molecular formula is C15H22FNO. The standard InChI is InChI=1S/C15H22FNO/c1-10(7-9-17)11-4-5-13-12(14(11)16)6-8-15(2,3)18-13/h4-5,10H,6-9,17H2,1-3H3. The summed E-state index contributed by atoms with van der Waals surface area (Å²) in [6, 6.07) is 3.75. The van der Waals surface area contributed by atoms with Crippen molar-refractivity contribution in [2.75, 3.05) is 6.54 Å². The predicted molar refractivity (Wildman–Crippen MR) is 71.5 cm³/mol. The molecule has 18 heavy (non-hydrogen) atoms. The second kappa shape index (κ2) is 4.88. The van der Waals surface area contributed by atoms with Crippen molar-refractivity contribution in [1.82, 2.24) is 0 Å². The summed E-state index contributed by atoms with van der Waals surface area (Å²) < 4.78 is 20.3. The quantitative estimate of drug-likeness (QED) is 0.893. The van der Waals surface area contributed by atoms with Gasteiger partial charge in [0.05, 0.1) is 0 Å². The van der Waals surface area contributed by atoms with Crippen molar-refractivity contribution in [3.05, 3.63) is 29.1 Å². The van der Waals surface area contributed by atoms with E-state index in [1.807, 2.05) is 32.9 Å². The summed E-state index contributed by atoms with van der Waals surface area (Å²) >= 11 is 0. The zero-order valence-corrected chi connectivity index (χ0v) is 11.4. The van der Waals surface area contributed by atoms with Gasteiger partial charge in [-0.25, -0.2) is 4.39 Å². The maximum absolute atomic E-state index is 14.5. The van der Waals surface area contributed by atoms with Crippen LogP contribution in [0.1, 0.15) is 50.7 Å². The first-order valence-electron chi connectivity index (χ1n) is 6.65. The fourth-order valence-electron chi connectivity index (χ4n) is 2.51. The summed E-state index contributed by atoms with van der Waals surface area (Å²) in [4.78, 5) is 0. The number of fused-ring (bicyclic) bond motifs is 1. The van der Waals surface area contributed by atoms with Gasteiger partial charge in [-0.15, -0.1) is 0 Å². The molecule has 1 unspecified atom stereocenters. The van der Waals surface area contributed by atoms with E-state index in [1.165, 1.54) is 0 Å². The predicted octanol–water partition coefficient (Wildman–Crippen LogP) is 3.38. The van der Waals surface area contributed by atoms with Gasteiger partial charge in [-0.3, -0.25) is 0 Å². The minimum atomic E-state index is -0.191. The topological polar surface area (TPSA) is 35.2 Å². The molecule has 1 aliphatic heterocycles. The van der Waals surface area contributed by atoms with E-state index in [9.17, 15) is 4.39 Å². The Morgan fingerprint density at radius 2 is 2.17 bits per heavy atom. The average molecular weight is 251 g/mol. The van der Waals surface area contributed by atoms with Gasteiger partial charge in [-0.1, -0.05) is 13.0 Å². The summed E-state index contributed by atoms with van der Waals surface area (Å²) in [6.07, 6.45) is 2.41. The fraction of sp³-hybridized carbons (Fsp3) is 0.600. The molecule has 0 aliphatic carbocycles. The highest BCUT2D eigenvalue weighted by Crippen LogP contribution is 2.37. The van der Waals surface area contributed by atoms with Crippen LogP contribution in [0.15, 0.2) is 12.1 Å². The maximum Gasteiger partial charge on any atom is 0.133 e. The second-order valence-corrected chi connectivity index (χ2v) is 5.79. The van der Waals surface area contributed by atoms with Crippen LogP contribution in [-0.4, -0.2) is 12.1 Å². The van der Waals surface area contributed by atoms with E-state index in [0.29, 0.717) is 12.3 Å². The van der Waals surface area contributed by atoms with Crippen molar-refractivity contribution in [1.29, 1.82) is 0 Å². The van der Waals surface area contributed by atoms with Gasteiger partial charge in [0.15, 0.2) is 0 Å². The Hall–Kier alpha value is -1.09. The van der Waals surface area contributed by atoms with Crippen LogP contribution in [0.25, 0.3) is 0 Å². The van der Waals surface area contributed by atoms with E-state index in [2.05, 4.69) is 0 Å². The van der Waals surface area contributed by atoms with Crippen LogP contribution >= 0.6 is 0 Å². The lowest BCUT2D eigenvalue weighted by molar-refractivity contribution is 0.0831. The molecule has 1 heterocycles. The molecule has 3 heteroatoms. The summed E-state index contributed by atoms with van der Waals surface area (Å²) in [5.41, 5.74) is 6.85. The number of hydrogen-bond acceptors (Lipinski definition) is 2. The Morgan fingerprint density at radius 1 is 1.44 bits per heavy atom. The molecule has 0 radical (unpaired) electrons. The van der Waals surface area contributed by atoms with Gasteiger partial charge in [0.2, 0.25) is 0 Å². The molecule has 0 fully saturated rings. The molecule has 1 atom stereocenters. The molecule has 0 bridgehead atoms. The fourth-order valence-corrected chi connectivity index (χ4v) is 2.51. The molecule has 2 nitrogen and oxygen atoms in total. The van der Waals surface area contributed by atoms with E-state index in [1.54, 1.807) is 0 Å². The van der Waals surface area contributed by atoms with Crippen LogP contribution in [0.4, 0.5) is 4.39 Å². The van der Waals surface area contributed by atoms with E-state index in [0.717, 1.165) is 30.4 Å². The molecular weight excluding hydrogens is 229 g/mol. The molecule has 2 rings (SSSR count). The van der Waals surface area contributed by atoms with Crippen LogP contribution < -0.4 is 10.5 Å². The van der Waals surface area contributed by atoms with Crippen LogP contribution in [0.2, 0.25) is 0 Å². The van der Waals surface area contributed by atoms with Crippen LogP contribution in [0.3, 0.4) is 0 Å². The van der Waals surface area contributed by atoms with Crippen LogP contribution in [-0.2, 0) is 6.42 Å². The minimum absolute atomic E-state index is 0.0936. The molecule has 1 aromatic carbocycles. The van der Waals surface area contributed by atoms with Crippen molar-refractivity contribution < 1.29 is 9.13 Å². The summed E-state index contributed by atoms with van der Waals surface area (Å²) in [5, 5.41) is 0. The van der Waals surface area contributed by atoms with Gasteiger partial charge in [0.25, 0.3) is 0 Å². The summed E-state index contributed by atoms with van der Waals surface area (Å²) in [5.74, 6) is 0.770. The minimum Gasteiger partial charge on any atom is -0.487 e. The molecule has 0 spiro atoms. The third-order valence-corrected chi connectivity index (χ3v) is 3.72. The number of benzene rings is 1. The van der Waals surface area contributed by atoms with Crippen LogP contribution in [0, 0.1) is 5.82 Å². The first-order valence-corrected chi connectivity index (χ1v) is 6.65. The normalized spacial score (nSPS) is 18.9. The lowest BCUT2D eigenvalue weighted by atomic mass is 9.89. The average Bonchev–Trinajstić information content (AvgIpc) is 2.28. The second-order valence-electron chi connectivity index (χ2n) is 5.79. The highest BCUT2D eigenvalue weighted by atomic mass is 19.1. The van der Waals surface area contributed by atoms with Gasteiger partial charge in [-0.05, 0) is 57.2 Å². The number of halogens is 1. The smallest absolute Gasteiger partial charge is 0.133 e. The number of rotatable bonds is 3. The van der Waals surface area contributed by atoms with Gasteiger partial charge >= 0.3 is 0 Å². The van der Waals surface area contributed by atoms with Gasteiger partial charge in [0.1, 0.15) is 17.2 Å². The zero-order valence-electron chi connectivity index (χ0n) is 11.4. The first-order chi connectivity index (χ1) is 8.44. The van der Waals surface area contributed by atoms with E-state index in [-0.39, 0.29) is 17.3 Å². The Labute approximate surface area is 108 Å². The van der Waals surface area contributed by atoms with Crippen molar-refractivity contribution in [2.45, 2.75) is 51.6 Å². The molecule has 0 saturated heterocycles. The van der Waals surface area contributed by atoms with E-state index >= 15 is 0 Å². The van der Waals surface area contributed by atoms with Gasteiger partial charge in [0, 0.05) is 5.56 Å². The molecule has 0 aromatic heterocycles. The summed E-state index contributed by atoms with van der Waals surface area (Å²) in [6.45, 7) is 6.68. The molecule has 1 aliphatic rings. The Bertz CT molecular complexity index is 442. The van der Waals surface area contributed by atoms with E-state index in [4.69, 9.17) is 10.5 Å². The Balaban J connectivity index is 2.34. The third-order valence-electron chi connectivity index (χ3n) is 3.72. The first kappa shape index (κ1) is 13.3. The Kier molecular flexibility index (Phi) is 3.62. The molecule has 0 amide bonds.